The number of ether oxygens (including phenoxy) is 1. The number of benzene rings is 1. The van der Waals surface area contributed by atoms with Crippen LogP contribution in [0.1, 0.15) is 0 Å². The van der Waals surface area contributed by atoms with Crippen LogP contribution >= 0.6 is 0 Å². The van der Waals surface area contributed by atoms with Gasteiger partial charge < -0.3 is 15.0 Å². The number of nitrogens with one attached hydrogen (secondary N) is 1. The first-order valence-electron chi connectivity index (χ1n) is 5.62. The highest BCUT2D eigenvalue weighted by Gasteiger charge is 2.07. The summed E-state index contributed by atoms with van der Waals surface area (Å²) in [7, 11) is 5.44. The van der Waals surface area contributed by atoms with Gasteiger partial charge in [0.15, 0.2) is 0 Å². The highest BCUT2D eigenvalue weighted by molar-refractivity contribution is 5.62. The average molecular weight is 244 g/mol. The molecule has 0 unspecified atom stereocenters. The minimum absolute atomic E-state index is 0.787. The molecule has 0 saturated carbocycles. The predicted octanol–water partition coefficient (Wildman–Crippen LogP) is 2.29. The quantitative estimate of drug-likeness (QED) is 0.894. The maximum atomic E-state index is 5.21. The van der Waals surface area contributed by atoms with Gasteiger partial charge >= 0.3 is 0 Å². The van der Waals surface area contributed by atoms with Gasteiger partial charge in [0.25, 0.3) is 0 Å². The molecule has 94 valence electrons. The van der Waals surface area contributed by atoms with Gasteiger partial charge in [0.1, 0.15) is 23.7 Å². The lowest BCUT2D eigenvalue weighted by Gasteiger charge is -2.19. The van der Waals surface area contributed by atoms with Gasteiger partial charge in [0.05, 0.1) is 7.11 Å². The number of methoxy groups -OCH3 is 1. The van der Waals surface area contributed by atoms with Crippen molar-refractivity contribution in [3.8, 4) is 5.75 Å². The van der Waals surface area contributed by atoms with Gasteiger partial charge in [-0.3, -0.25) is 0 Å². The number of hydrogen-bond acceptors (Lipinski definition) is 5. The molecule has 2 rings (SSSR count). The number of aromatic nitrogens is 2. The smallest absolute Gasteiger partial charge is 0.138 e. The molecule has 5 heteroatoms. The van der Waals surface area contributed by atoms with E-state index < -0.39 is 0 Å². The van der Waals surface area contributed by atoms with Crippen LogP contribution in [-0.2, 0) is 0 Å². The lowest BCUT2D eigenvalue weighted by atomic mass is 10.3. The van der Waals surface area contributed by atoms with E-state index in [1.807, 2.05) is 49.3 Å². The summed E-state index contributed by atoms with van der Waals surface area (Å²) in [4.78, 5) is 10.3. The lowest BCUT2D eigenvalue weighted by molar-refractivity contribution is 0.415. The molecular formula is C13H16N4O. The number of anilines is 3. The Bertz CT molecular complexity index is 482. The molecule has 0 fully saturated rings. The van der Waals surface area contributed by atoms with E-state index in [1.165, 1.54) is 6.33 Å². The van der Waals surface area contributed by atoms with E-state index >= 15 is 0 Å². The van der Waals surface area contributed by atoms with Gasteiger partial charge in [-0.25, -0.2) is 9.97 Å². The Morgan fingerprint density at radius 2 is 2.06 bits per heavy atom. The maximum absolute atomic E-state index is 5.21. The predicted molar refractivity (Wildman–Crippen MR) is 72.6 cm³/mol. The normalized spacial score (nSPS) is 9.94. The molecule has 2 aromatic rings. The van der Waals surface area contributed by atoms with Crippen molar-refractivity contribution in [2.45, 2.75) is 0 Å². The standard InChI is InChI=1S/C13H16N4O/c1-14-12-8-13(16-9-15-12)17(2)10-5-4-6-11(7-10)18-3/h4-9H,1-3H3,(H,14,15,16). The van der Waals surface area contributed by atoms with Crippen molar-refractivity contribution < 1.29 is 4.74 Å². The molecular weight excluding hydrogens is 228 g/mol. The molecule has 18 heavy (non-hydrogen) atoms. The Labute approximate surface area is 106 Å². The van der Waals surface area contributed by atoms with E-state index in [1.54, 1.807) is 7.11 Å². The molecule has 0 aliphatic carbocycles. The van der Waals surface area contributed by atoms with Crippen molar-refractivity contribution in [2.24, 2.45) is 0 Å². The van der Waals surface area contributed by atoms with Gasteiger partial charge in [-0.15, -0.1) is 0 Å². The molecule has 0 bridgehead atoms. The fourth-order valence-electron chi connectivity index (χ4n) is 1.62. The van der Waals surface area contributed by atoms with Gasteiger partial charge in [0, 0.05) is 31.9 Å². The number of nitrogens with zero attached hydrogens (tertiary/aromatic N) is 3. The molecule has 0 spiro atoms. The average Bonchev–Trinajstić information content (AvgIpc) is 2.46. The molecule has 1 heterocycles. The van der Waals surface area contributed by atoms with E-state index in [0.29, 0.717) is 0 Å². The van der Waals surface area contributed by atoms with Crippen LogP contribution in [-0.4, -0.2) is 31.2 Å². The number of hydrogen-bond donors (Lipinski definition) is 1. The third kappa shape index (κ3) is 2.51. The summed E-state index contributed by atoms with van der Waals surface area (Å²) in [5, 5.41) is 2.99. The minimum atomic E-state index is 0.787. The Kier molecular flexibility index (Phi) is 3.62. The second-order valence-corrected chi connectivity index (χ2v) is 3.77. The van der Waals surface area contributed by atoms with Crippen LogP contribution in [0.4, 0.5) is 17.3 Å². The molecule has 0 atom stereocenters. The summed E-state index contributed by atoms with van der Waals surface area (Å²) in [6, 6.07) is 9.71. The second-order valence-electron chi connectivity index (χ2n) is 3.77. The highest BCUT2D eigenvalue weighted by atomic mass is 16.5. The van der Waals surface area contributed by atoms with Crippen molar-refractivity contribution in [2.75, 3.05) is 31.4 Å². The first kappa shape index (κ1) is 12.2. The van der Waals surface area contributed by atoms with Crippen molar-refractivity contribution in [3.05, 3.63) is 36.7 Å². The summed E-state index contributed by atoms with van der Waals surface area (Å²) in [6.45, 7) is 0. The van der Waals surface area contributed by atoms with E-state index in [4.69, 9.17) is 4.74 Å². The molecule has 1 aromatic heterocycles. The van der Waals surface area contributed by atoms with Gasteiger partial charge in [-0.2, -0.15) is 0 Å². The fourth-order valence-corrected chi connectivity index (χ4v) is 1.62. The summed E-state index contributed by atoms with van der Waals surface area (Å²) < 4.78 is 5.21. The van der Waals surface area contributed by atoms with Gasteiger partial charge in [-0.05, 0) is 12.1 Å². The molecule has 0 radical (unpaired) electrons. The van der Waals surface area contributed by atoms with Crippen LogP contribution in [0, 0.1) is 0 Å². The van der Waals surface area contributed by atoms with Crippen LogP contribution in [0.15, 0.2) is 36.7 Å². The molecule has 0 saturated heterocycles. The molecule has 0 aliphatic rings. The summed E-state index contributed by atoms with van der Waals surface area (Å²) in [5.41, 5.74) is 1.01. The molecule has 0 amide bonds. The number of rotatable bonds is 4. The Morgan fingerprint density at radius 3 is 2.78 bits per heavy atom. The summed E-state index contributed by atoms with van der Waals surface area (Å²) in [6.07, 6.45) is 1.54. The second kappa shape index (κ2) is 5.35. The topological polar surface area (TPSA) is 50.3 Å². The first-order valence-corrected chi connectivity index (χ1v) is 5.62. The van der Waals surface area contributed by atoms with Crippen LogP contribution in [0.3, 0.4) is 0 Å². The van der Waals surface area contributed by atoms with Gasteiger partial charge in [-0.1, -0.05) is 6.07 Å². The van der Waals surface area contributed by atoms with Crippen molar-refractivity contribution in [1.82, 2.24) is 9.97 Å². The highest BCUT2D eigenvalue weighted by Crippen LogP contribution is 2.25. The van der Waals surface area contributed by atoms with Crippen LogP contribution < -0.4 is 15.0 Å². The van der Waals surface area contributed by atoms with Crippen LogP contribution in [0.25, 0.3) is 0 Å². The van der Waals surface area contributed by atoms with E-state index in [2.05, 4.69) is 15.3 Å². The SMILES string of the molecule is CNc1cc(N(C)c2cccc(OC)c2)ncn1. The summed E-state index contributed by atoms with van der Waals surface area (Å²) in [5.74, 6) is 2.43. The Balaban J connectivity index is 2.31. The fraction of sp³-hybridized carbons (Fsp3) is 0.231. The van der Waals surface area contributed by atoms with E-state index in [-0.39, 0.29) is 0 Å². The first-order chi connectivity index (χ1) is 8.74. The Hall–Kier alpha value is -2.30. The Morgan fingerprint density at radius 1 is 1.22 bits per heavy atom. The third-order valence-electron chi connectivity index (χ3n) is 2.69. The zero-order valence-electron chi connectivity index (χ0n) is 10.7. The molecule has 1 N–H and O–H groups in total. The monoisotopic (exact) mass is 244 g/mol. The van der Waals surface area contributed by atoms with Gasteiger partial charge in [0.2, 0.25) is 0 Å². The largest absolute Gasteiger partial charge is 0.497 e. The third-order valence-corrected chi connectivity index (χ3v) is 2.69. The van der Waals surface area contributed by atoms with E-state index in [0.717, 1.165) is 23.1 Å². The van der Waals surface area contributed by atoms with Crippen molar-refractivity contribution in [3.63, 3.8) is 0 Å². The molecule has 1 aromatic carbocycles. The minimum Gasteiger partial charge on any atom is -0.497 e. The molecule has 5 nitrogen and oxygen atoms in total. The lowest BCUT2D eigenvalue weighted by Crippen LogP contribution is -2.11. The zero-order valence-corrected chi connectivity index (χ0v) is 10.7. The van der Waals surface area contributed by atoms with Crippen molar-refractivity contribution in [1.29, 1.82) is 0 Å². The summed E-state index contributed by atoms with van der Waals surface area (Å²) >= 11 is 0. The zero-order chi connectivity index (χ0) is 13.0. The van der Waals surface area contributed by atoms with Crippen LogP contribution in [0.5, 0.6) is 5.75 Å². The maximum Gasteiger partial charge on any atom is 0.138 e. The molecule has 0 aliphatic heterocycles. The van der Waals surface area contributed by atoms with Crippen molar-refractivity contribution >= 4 is 17.3 Å². The van der Waals surface area contributed by atoms with E-state index in [9.17, 15) is 0 Å². The van der Waals surface area contributed by atoms with Crippen LogP contribution in [0.2, 0.25) is 0 Å².